The molecule has 3 aromatic rings. The van der Waals surface area contributed by atoms with E-state index in [1.807, 2.05) is 53.2 Å². The maximum Gasteiger partial charge on any atom is 0.168 e. The second-order valence-corrected chi connectivity index (χ2v) is 12.1. The fraction of sp³-hybridized carbons (Fsp3) is 0.393. The van der Waals surface area contributed by atoms with Crippen molar-refractivity contribution >= 4 is 16.6 Å². The van der Waals surface area contributed by atoms with Crippen LogP contribution in [0.4, 0.5) is 0 Å². The van der Waals surface area contributed by atoms with Gasteiger partial charge in [0.05, 0.1) is 10.8 Å². The van der Waals surface area contributed by atoms with Gasteiger partial charge < -0.3 is 9.67 Å². The normalized spacial score (nSPS) is 13.2. The molecule has 0 fully saturated rings. The van der Waals surface area contributed by atoms with Gasteiger partial charge in [0.15, 0.2) is 5.78 Å². The molecule has 0 saturated heterocycles. The largest absolute Gasteiger partial charge is 0.507 e. The summed E-state index contributed by atoms with van der Waals surface area (Å²) >= 11 is 0. The molecule has 1 heterocycles. The number of ketones is 1. The van der Waals surface area contributed by atoms with E-state index in [9.17, 15) is 14.1 Å². The molecule has 33 heavy (non-hydrogen) atoms. The van der Waals surface area contributed by atoms with Gasteiger partial charge in [0, 0.05) is 31.0 Å². The van der Waals surface area contributed by atoms with E-state index in [2.05, 4.69) is 41.5 Å². The van der Waals surface area contributed by atoms with E-state index >= 15 is 0 Å². The van der Waals surface area contributed by atoms with Crippen LogP contribution >= 0.6 is 0 Å². The zero-order valence-electron chi connectivity index (χ0n) is 20.7. The first-order valence-electron chi connectivity index (χ1n) is 11.2. The molecule has 0 aliphatic heterocycles. The molecule has 1 atom stereocenters. The number of carbonyl (C=O) groups excluding carboxylic acids is 1. The second-order valence-electron chi connectivity index (χ2n) is 10.8. The minimum atomic E-state index is -1.21. The number of phenols is 1. The van der Waals surface area contributed by atoms with Crippen LogP contribution in [0.15, 0.2) is 59.8 Å². The molecule has 4 nitrogen and oxygen atoms in total. The van der Waals surface area contributed by atoms with Gasteiger partial charge in [-0.15, -0.1) is 0 Å². The molecule has 0 saturated carbocycles. The maximum absolute atomic E-state index is 13.3. The van der Waals surface area contributed by atoms with Gasteiger partial charge in [-0.3, -0.25) is 9.00 Å². The molecule has 0 aliphatic rings. The molecule has 0 spiro atoms. The molecule has 3 rings (SSSR count). The van der Waals surface area contributed by atoms with E-state index in [1.54, 1.807) is 12.3 Å². The van der Waals surface area contributed by atoms with Crippen LogP contribution in [0, 0.1) is 0 Å². The van der Waals surface area contributed by atoms with Gasteiger partial charge in [-0.25, -0.2) is 0 Å². The predicted octanol–water partition coefficient (Wildman–Crippen LogP) is 6.00. The Labute approximate surface area is 200 Å². The summed E-state index contributed by atoms with van der Waals surface area (Å²) in [6, 6.07) is 15.6. The molecule has 1 N–H and O–H groups in total. The molecule has 0 bridgehead atoms. The van der Waals surface area contributed by atoms with Gasteiger partial charge in [0.1, 0.15) is 10.8 Å². The quantitative estimate of drug-likeness (QED) is 0.454. The highest BCUT2D eigenvalue weighted by Crippen LogP contribution is 2.40. The first-order chi connectivity index (χ1) is 15.3. The summed E-state index contributed by atoms with van der Waals surface area (Å²) in [5.41, 5.74) is 3.69. The average Bonchev–Trinajstić information content (AvgIpc) is 3.12. The number of carbonyl (C=O) groups is 1. The Morgan fingerprint density at radius 1 is 0.909 bits per heavy atom. The lowest BCUT2D eigenvalue weighted by molar-refractivity contribution is 0.0992. The lowest BCUT2D eigenvalue weighted by Gasteiger charge is -2.28. The van der Waals surface area contributed by atoms with Crippen molar-refractivity contribution in [3.8, 4) is 5.75 Å². The molecule has 2 aromatic carbocycles. The highest BCUT2D eigenvalue weighted by molar-refractivity contribution is 7.84. The zero-order chi connectivity index (χ0) is 24.6. The van der Waals surface area contributed by atoms with Gasteiger partial charge in [0.2, 0.25) is 0 Å². The molecular formula is C28H35NO3S. The number of phenolic OH excluding ortho intramolecular Hbond substituents is 1. The minimum absolute atomic E-state index is 0.0288. The van der Waals surface area contributed by atoms with Crippen LogP contribution in [0.25, 0.3) is 0 Å². The van der Waals surface area contributed by atoms with Crippen molar-refractivity contribution in [1.29, 1.82) is 0 Å². The first-order valence-corrected chi connectivity index (χ1v) is 12.8. The summed E-state index contributed by atoms with van der Waals surface area (Å²) in [5.74, 6) is 0.280. The van der Waals surface area contributed by atoms with E-state index in [1.165, 1.54) is 0 Å². The summed E-state index contributed by atoms with van der Waals surface area (Å²) in [4.78, 5) is 13.3. The highest BCUT2D eigenvalue weighted by Gasteiger charge is 2.27. The van der Waals surface area contributed by atoms with Crippen molar-refractivity contribution in [1.82, 2.24) is 4.57 Å². The predicted molar refractivity (Wildman–Crippen MR) is 136 cm³/mol. The van der Waals surface area contributed by atoms with Crippen LogP contribution in [0.1, 0.15) is 74.2 Å². The van der Waals surface area contributed by atoms with Crippen molar-refractivity contribution in [3.63, 3.8) is 0 Å². The fourth-order valence-electron chi connectivity index (χ4n) is 4.02. The highest BCUT2D eigenvalue weighted by atomic mass is 32.2. The third-order valence-electron chi connectivity index (χ3n) is 5.82. The number of aromatic hydroxyl groups is 1. The monoisotopic (exact) mass is 465 g/mol. The summed E-state index contributed by atoms with van der Waals surface area (Å²) in [5, 5.41) is 11.6. The Morgan fingerprint density at radius 2 is 1.45 bits per heavy atom. The number of rotatable bonds is 6. The Hall–Kier alpha value is -2.66. The Morgan fingerprint density at radius 3 is 1.94 bits per heavy atom. The van der Waals surface area contributed by atoms with E-state index in [-0.39, 0.29) is 23.0 Å². The Kier molecular flexibility index (Phi) is 7.04. The van der Waals surface area contributed by atoms with E-state index in [0.717, 1.165) is 22.3 Å². The van der Waals surface area contributed by atoms with Crippen LogP contribution in [0.3, 0.4) is 0 Å². The molecule has 176 valence electrons. The maximum atomic E-state index is 13.3. The van der Waals surface area contributed by atoms with Crippen molar-refractivity contribution in [2.75, 3.05) is 6.26 Å². The molecular weight excluding hydrogens is 430 g/mol. The molecule has 1 unspecified atom stereocenters. The Balaban J connectivity index is 1.97. The molecule has 0 amide bonds. The lowest BCUT2D eigenvalue weighted by Crippen LogP contribution is -2.18. The van der Waals surface area contributed by atoms with Crippen molar-refractivity contribution in [3.05, 3.63) is 82.5 Å². The van der Waals surface area contributed by atoms with Crippen LogP contribution in [-0.4, -0.2) is 25.9 Å². The molecule has 1 aromatic heterocycles. The fourth-order valence-corrected chi connectivity index (χ4v) is 4.76. The lowest BCUT2D eigenvalue weighted by atomic mass is 9.78. The summed E-state index contributed by atoms with van der Waals surface area (Å²) in [6.07, 6.45) is 3.66. The number of benzene rings is 2. The zero-order valence-corrected chi connectivity index (χ0v) is 21.5. The summed E-state index contributed by atoms with van der Waals surface area (Å²) in [6.45, 7) is 12.9. The number of hydrogen-bond donors (Lipinski definition) is 1. The van der Waals surface area contributed by atoms with E-state index < -0.39 is 10.8 Å². The molecule has 5 heteroatoms. The summed E-state index contributed by atoms with van der Waals surface area (Å²) in [7, 11) is -1.21. The van der Waals surface area contributed by atoms with Gasteiger partial charge in [-0.1, -0.05) is 84.0 Å². The van der Waals surface area contributed by atoms with E-state index in [0.29, 0.717) is 22.9 Å². The SMILES string of the molecule is CS(=O)c1cc(C(=O)Cc2cc(C(C)(C)C)c(O)c(C(C)(C)C)c2)cn1Cc1ccccc1. The standard InChI is InChI=1S/C28H35NO3S/c1-27(2,3)22-13-20(14-23(26(22)31)28(4,5)6)15-24(30)21-16-25(33(7)32)29(18-21)17-19-11-9-8-10-12-19/h8-14,16,18,31H,15,17H2,1-7H3. The van der Waals surface area contributed by atoms with Gasteiger partial charge in [-0.2, -0.15) is 0 Å². The molecule has 0 radical (unpaired) electrons. The van der Waals surface area contributed by atoms with Crippen LogP contribution in [0.2, 0.25) is 0 Å². The Bertz CT molecular complexity index is 1140. The smallest absolute Gasteiger partial charge is 0.168 e. The van der Waals surface area contributed by atoms with Crippen LogP contribution in [0.5, 0.6) is 5.75 Å². The number of hydrogen-bond acceptors (Lipinski definition) is 3. The average molecular weight is 466 g/mol. The number of nitrogens with zero attached hydrogens (tertiary/aromatic N) is 1. The van der Waals surface area contributed by atoms with Crippen molar-refractivity contribution in [2.45, 2.75) is 70.4 Å². The third-order valence-corrected chi connectivity index (χ3v) is 6.76. The van der Waals surface area contributed by atoms with Crippen LogP contribution < -0.4 is 0 Å². The topological polar surface area (TPSA) is 59.3 Å². The summed E-state index contributed by atoms with van der Waals surface area (Å²) < 4.78 is 14.2. The van der Waals surface area contributed by atoms with Gasteiger partial charge in [0.25, 0.3) is 0 Å². The van der Waals surface area contributed by atoms with Gasteiger partial charge in [-0.05, 0) is 39.2 Å². The minimum Gasteiger partial charge on any atom is -0.507 e. The van der Waals surface area contributed by atoms with Crippen LogP contribution in [-0.2, 0) is 34.6 Å². The second kappa shape index (κ2) is 9.30. The number of aromatic nitrogens is 1. The van der Waals surface area contributed by atoms with Crippen molar-refractivity contribution in [2.24, 2.45) is 0 Å². The third kappa shape index (κ3) is 5.83. The van der Waals surface area contributed by atoms with E-state index in [4.69, 9.17) is 0 Å². The van der Waals surface area contributed by atoms with Crippen molar-refractivity contribution < 1.29 is 14.1 Å². The first kappa shape index (κ1) is 25.0. The molecule has 0 aliphatic carbocycles. The van der Waals surface area contributed by atoms with Gasteiger partial charge >= 0.3 is 0 Å². The number of Topliss-reactive ketones (excluding diaryl/α,β-unsaturated/α-hetero) is 1.